The molecule has 4 nitrogen and oxygen atoms in total. The Morgan fingerprint density at radius 1 is 1.35 bits per heavy atom. The highest BCUT2D eigenvalue weighted by atomic mass is 16.3. The lowest BCUT2D eigenvalue weighted by Gasteiger charge is -2.39. The van der Waals surface area contributed by atoms with Crippen molar-refractivity contribution < 1.29 is 14.1 Å². The van der Waals surface area contributed by atoms with E-state index in [1.165, 1.54) is 25.7 Å². The quantitative estimate of drug-likeness (QED) is 0.882. The normalized spacial score (nSPS) is 28.6. The van der Waals surface area contributed by atoms with E-state index in [0.29, 0.717) is 5.76 Å². The third-order valence-electron chi connectivity index (χ3n) is 4.94. The van der Waals surface area contributed by atoms with Gasteiger partial charge < -0.3 is 14.2 Å². The molecule has 1 saturated carbocycles. The molecule has 3 rings (SSSR count). The van der Waals surface area contributed by atoms with E-state index in [9.17, 15) is 4.79 Å². The zero-order valence-corrected chi connectivity index (χ0v) is 12.3. The molecule has 1 aliphatic carbocycles. The van der Waals surface area contributed by atoms with E-state index < -0.39 is 0 Å². The lowest BCUT2D eigenvalue weighted by Crippen LogP contribution is -3.18. The molecular formula is C16H25N2O2+. The molecule has 0 aromatic carbocycles. The molecule has 2 heterocycles. The zero-order chi connectivity index (χ0) is 13.9. The topological polar surface area (TPSA) is 37.9 Å². The molecule has 2 fully saturated rings. The van der Waals surface area contributed by atoms with Crippen LogP contribution in [0, 0.1) is 5.92 Å². The van der Waals surface area contributed by atoms with Gasteiger partial charge in [0.05, 0.1) is 38.5 Å². The molecular weight excluding hydrogens is 252 g/mol. The van der Waals surface area contributed by atoms with Crippen LogP contribution in [0.5, 0.6) is 0 Å². The van der Waals surface area contributed by atoms with Crippen LogP contribution in [-0.2, 0) is 0 Å². The summed E-state index contributed by atoms with van der Waals surface area (Å²) in [6.45, 7) is 6.27. The fraction of sp³-hybridized carbons (Fsp3) is 0.688. The van der Waals surface area contributed by atoms with Crippen LogP contribution >= 0.6 is 0 Å². The van der Waals surface area contributed by atoms with Gasteiger partial charge in [0, 0.05) is 6.42 Å². The maximum Gasteiger partial charge on any atom is 0.289 e. The highest BCUT2D eigenvalue weighted by Crippen LogP contribution is 2.22. The zero-order valence-electron chi connectivity index (χ0n) is 12.3. The second-order valence-electron chi connectivity index (χ2n) is 6.40. The molecule has 2 aliphatic rings. The van der Waals surface area contributed by atoms with Crippen LogP contribution in [0.2, 0.25) is 0 Å². The highest BCUT2D eigenvalue weighted by Gasteiger charge is 2.32. The van der Waals surface area contributed by atoms with E-state index in [1.54, 1.807) is 23.3 Å². The lowest BCUT2D eigenvalue weighted by atomic mass is 9.86. The smallest absolute Gasteiger partial charge is 0.289 e. The summed E-state index contributed by atoms with van der Waals surface area (Å²) in [5.74, 6) is 1.40. The Bertz CT molecular complexity index is 435. The largest absolute Gasteiger partial charge is 0.459 e. The maximum absolute atomic E-state index is 12.2. The average molecular weight is 277 g/mol. The summed E-state index contributed by atoms with van der Waals surface area (Å²) >= 11 is 0. The van der Waals surface area contributed by atoms with Gasteiger partial charge in [-0.2, -0.15) is 0 Å². The molecule has 1 aromatic heterocycles. The van der Waals surface area contributed by atoms with Crippen molar-refractivity contribution in [3.63, 3.8) is 0 Å². The number of rotatable bonds is 2. The summed E-state index contributed by atoms with van der Waals surface area (Å²) in [5, 5.41) is 0. The minimum absolute atomic E-state index is 0.0473. The Kier molecular flexibility index (Phi) is 4.10. The van der Waals surface area contributed by atoms with Crippen molar-refractivity contribution >= 4 is 5.91 Å². The molecule has 1 aromatic rings. The fourth-order valence-corrected chi connectivity index (χ4v) is 3.77. The van der Waals surface area contributed by atoms with Crippen molar-refractivity contribution in [2.45, 2.75) is 38.6 Å². The van der Waals surface area contributed by atoms with Gasteiger partial charge in [-0.25, -0.2) is 0 Å². The predicted octanol–water partition coefficient (Wildman–Crippen LogP) is 1.20. The number of hydrogen-bond donors (Lipinski definition) is 1. The molecule has 1 N–H and O–H groups in total. The minimum Gasteiger partial charge on any atom is -0.459 e. The summed E-state index contributed by atoms with van der Waals surface area (Å²) < 4.78 is 5.21. The van der Waals surface area contributed by atoms with Crippen LogP contribution in [0.1, 0.15) is 43.2 Å². The molecule has 4 heteroatoms. The molecule has 2 unspecified atom stereocenters. The van der Waals surface area contributed by atoms with Crippen LogP contribution in [0.15, 0.2) is 22.8 Å². The number of amides is 1. The second-order valence-corrected chi connectivity index (χ2v) is 6.40. The molecule has 1 saturated heterocycles. The second kappa shape index (κ2) is 6.00. The number of carbonyl (C=O) groups is 1. The van der Waals surface area contributed by atoms with Crippen LogP contribution in [0.25, 0.3) is 0 Å². The van der Waals surface area contributed by atoms with E-state index in [1.807, 2.05) is 4.90 Å². The minimum atomic E-state index is 0.0473. The molecule has 0 radical (unpaired) electrons. The highest BCUT2D eigenvalue weighted by molar-refractivity contribution is 5.91. The van der Waals surface area contributed by atoms with E-state index in [2.05, 4.69) is 6.92 Å². The van der Waals surface area contributed by atoms with Crippen molar-refractivity contribution in [2.24, 2.45) is 5.92 Å². The van der Waals surface area contributed by atoms with Crippen LogP contribution in [-0.4, -0.2) is 43.0 Å². The van der Waals surface area contributed by atoms with Gasteiger partial charge in [-0.15, -0.1) is 0 Å². The van der Waals surface area contributed by atoms with Crippen molar-refractivity contribution in [3.8, 4) is 0 Å². The van der Waals surface area contributed by atoms with Crippen molar-refractivity contribution in [1.82, 2.24) is 4.90 Å². The maximum atomic E-state index is 12.2. The number of furan rings is 1. The van der Waals surface area contributed by atoms with Crippen molar-refractivity contribution in [1.29, 1.82) is 0 Å². The first kappa shape index (κ1) is 13.7. The van der Waals surface area contributed by atoms with E-state index in [4.69, 9.17) is 4.42 Å². The van der Waals surface area contributed by atoms with Gasteiger partial charge in [-0.1, -0.05) is 13.3 Å². The first-order valence-electron chi connectivity index (χ1n) is 7.91. The summed E-state index contributed by atoms with van der Waals surface area (Å²) in [7, 11) is 0. The third kappa shape index (κ3) is 2.90. The predicted molar refractivity (Wildman–Crippen MR) is 76.7 cm³/mol. The number of hydrogen-bond acceptors (Lipinski definition) is 2. The van der Waals surface area contributed by atoms with Crippen LogP contribution in [0.3, 0.4) is 0 Å². The van der Waals surface area contributed by atoms with Crippen LogP contribution in [0.4, 0.5) is 0 Å². The Balaban J connectivity index is 1.53. The van der Waals surface area contributed by atoms with E-state index >= 15 is 0 Å². The summed E-state index contributed by atoms with van der Waals surface area (Å²) in [4.78, 5) is 15.9. The third-order valence-corrected chi connectivity index (χ3v) is 4.94. The number of carbonyl (C=O) groups excluding carboxylic acids is 1. The Hall–Kier alpha value is -1.29. The molecule has 20 heavy (non-hydrogen) atoms. The number of quaternary nitrogens is 1. The Labute approximate surface area is 120 Å². The molecule has 0 spiro atoms. The first-order valence-corrected chi connectivity index (χ1v) is 7.91. The first-order chi connectivity index (χ1) is 9.74. The summed E-state index contributed by atoms with van der Waals surface area (Å²) in [5.41, 5.74) is 0. The van der Waals surface area contributed by atoms with Gasteiger partial charge in [0.2, 0.25) is 0 Å². The summed E-state index contributed by atoms with van der Waals surface area (Å²) in [6.07, 6.45) is 7.07. The summed E-state index contributed by atoms with van der Waals surface area (Å²) in [6, 6.07) is 4.35. The monoisotopic (exact) mass is 277 g/mol. The molecule has 1 amide bonds. The number of nitrogens with zero attached hydrogens (tertiary/aromatic N) is 1. The lowest BCUT2D eigenvalue weighted by molar-refractivity contribution is -0.930. The van der Waals surface area contributed by atoms with E-state index in [0.717, 1.165) is 38.1 Å². The van der Waals surface area contributed by atoms with Gasteiger partial charge in [0.1, 0.15) is 0 Å². The molecule has 110 valence electrons. The number of piperazine rings is 1. The standard InChI is InChI=1S/C16H24N2O2/c1-13-4-2-5-14(12-13)17-7-9-18(10-8-17)16(19)15-6-3-11-20-15/h3,6,11,13-14H,2,4-5,7-10,12H2,1H3/p+1. The van der Waals surface area contributed by atoms with Gasteiger partial charge in [-0.05, 0) is 30.9 Å². The number of nitrogens with one attached hydrogen (secondary N) is 1. The Morgan fingerprint density at radius 3 is 2.80 bits per heavy atom. The van der Waals surface area contributed by atoms with Gasteiger partial charge in [0.15, 0.2) is 5.76 Å². The molecule has 0 bridgehead atoms. The van der Waals surface area contributed by atoms with Crippen molar-refractivity contribution in [3.05, 3.63) is 24.2 Å². The molecule has 1 aliphatic heterocycles. The SMILES string of the molecule is CC1CCCC([NH+]2CCN(C(=O)c3ccco3)CC2)C1. The van der Waals surface area contributed by atoms with Gasteiger partial charge in [0.25, 0.3) is 5.91 Å². The van der Waals surface area contributed by atoms with E-state index in [-0.39, 0.29) is 5.91 Å². The van der Waals surface area contributed by atoms with Crippen LogP contribution < -0.4 is 4.90 Å². The fourth-order valence-electron chi connectivity index (χ4n) is 3.77. The average Bonchev–Trinajstić information content (AvgIpc) is 3.01. The van der Waals surface area contributed by atoms with Crippen molar-refractivity contribution in [2.75, 3.05) is 26.2 Å². The Morgan fingerprint density at radius 2 is 2.15 bits per heavy atom. The van der Waals surface area contributed by atoms with Gasteiger partial charge in [-0.3, -0.25) is 4.79 Å². The van der Waals surface area contributed by atoms with Gasteiger partial charge >= 0.3 is 0 Å². The molecule has 2 atom stereocenters.